The average molecular weight is 439 g/mol. The number of hydrogen-bond donors (Lipinski definition) is 3. The van der Waals surface area contributed by atoms with Crippen LogP contribution >= 0.6 is 0 Å². The van der Waals surface area contributed by atoms with Crippen molar-refractivity contribution in [3.63, 3.8) is 0 Å². The van der Waals surface area contributed by atoms with E-state index < -0.39 is 41.1 Å². The van der Waals surface area contributed by atoms with Crippen molar-refractivity contribution in [3.05, 3.63) is 69.1 Å². The van der Waals surface area contributed by atoms with Crippen LogP contribution in [0.2, 0.25) is 0 Å². The lowest BCUT2D eigenvalue weighted by atomic mass is 10.1. The summed E-state index contributed by atoms with van der Waals surface area (Å²) in [7, 11) is 0. The van der Waals surface area contributed by atoms with Crippen molar-refractivity contribution in [1.29, 1.82) is 0 Å². The van der Waals surface area contributed by atoms with Crippen LogP contribution < -0.4 is 16.6 Å². The van der Waals surface area contributed by atoms with Crippen LogP contribution in [0.1, 0.15) is 29.6 Å². The maximum atomic E-state index is 13.1. The maximum Gasteiger partial charge on any atom is 0.338 e. The average Bonchev–Trinajstić information content (AvgIpc) is 3.42. The molecule has 1 amide bonds. The van der Waals surface area contributed by atoms with Crippen molar-refractivity contribution < 1.29 is 24.2 Å². The topological polar surface area (TPSA) is 144 Å². The molecular formula is C22H21N3O7. The zero-order valence-electron chi connectivity index (χ0n) is 17.0. The highest BCUT2D eigenvalue weighted by Gasteiger charge is 2.27. The van der Waals surface area contributed by atoms with E-state index in [0.29, 0.717) is 18.1 Å². The van der Waals surface area contributed by atoms with E-state index in [2.05, 4.69) is 5.32 Å². The van der Waals surface area contributed by atoms with Gasteiger partial charge in [0.2, 0.25) is 5.88 Å². The predicted molar refractivity (Wildman–Crippen MR) is 113 cm³/mol. The third kappa shape index (κ3) is 4.20. The van der Waals surface area contributed by atoms with Crippen molar-refractivity contribution in [2.75, 3.05) is 6.54 Å². The Labute approximate surface area is 181 Å². The van der Waals surface area contributed by atoms with Gasteiger partial charge in [-0.2, -0.15) is 0 Å². The fraction of sp³-hybridized carbons (Fsp3) is 0.273. The molecular weight excluding hydrogens is 418 g/mol. The highest BCUT2D eigenvalue weighted by atomic mass is 16.4. The molecule has 1 aliphatic carbocycles. The maximum absolute atomic E-state index is 13.1. The van der Waals surface area contributed by atoms with E-state index in [1.165, 1.54) is 6.26 Å². The van der Waals surface area contributed by atoms with E-state index >= 15 is 0 Å². The molecule has 2 heterocycles. The number of hydrogen-bond acceptors (Lipinski definition) is 6. The summed E-state index contributed by atoms with van der Waals surface area (Å²) in [5.41, 5.74) is -1.46. The number of benzene rings is 1. The second-order valence-electron chi connectivity index (χ2n) is 7.61. The largest absolute Gasteiger partial charge is 0.493 e. The molecule has 0 spiro atoms. The number of aromatic hydroxyl groups is 1. The van der Waals surface area contributed by atoms with Crippen LogP contribution in [0, 0.1) is 5.92 Å². The zero-order chi connectivity index (χ0) is 22.8. The summed E-state index contributed by atoms with van der Waals surface area (Å²) >= 11 is 0. The molecule has 0 bridgehead atoms. The first kappa shape index (κ1) is 21.2. The molecule has 2 aromatic heterocycles. The molecule has 10 nitrogen and oxygen atoms in total. The number of rotatable bonds is 8. The minimum atomic E-state index is -1.31. The fourth-order valence-corrected chi connectivity index (χ4v) is 3.45. The lowest BCUT2D eigenvalue weighted by molar-refractivity contribution is -0.135. The number of carboxylic acids is 1. The molecule has 3 aromatic rings. The van der Waals surface area contributed by atoms with E-state index in [1.54, 1.807) is 36.4 Å². The Morgan fingerprint density at radius 3 is 2.44 bits per heavy atom. The number of nitrogens with zero attached hydrogens (tertiary/aromatic N) is 2. The molecule has 1 aliphatic rings. The quantitative estimate of drug-likeness (QED) is 0.483. The van der Waals surface area contributed by atoms with Gasteiger partial charge >= 0.3 is 11.7 Å². The van der Waals surface area contributed by atoms with Crippen molar-refractivity contribution in [3.8, 4) is 22.9 Å². The number of aromatic nitrogens is 2. The third-order valence-electron chi connectivity index (χ3n) is 5.33. The summed E-state index contributed by atoms with van der Waals surface area (Å²) in [6.07, 6.45) is 4.15. The summed E-state index contributed by atoms with van der Waals surface area (Å²) in [6, 6.07) is 9.94. The van der Waals surface area contributed by atoms with Crippen LogP contribution in [0.25, 0.3) is 17.0 Å². The summed E-state index contributed by atoms with van der Waals surface area (Å²) < 4.78 is 7.12. The van der Waals surface area contributed by atoms with Crippen LogP contribution in [0.3, 0.4) is 0 Å². The van der Waals surface area contributed by atoms with Gasteiger partial charge in [-0.15, -0.1) is 0 Å². The molecule has 0 radical (unpaired) electrons. The van der Waals surface area contributed by atoms with E-state index in [1.807, 2.05) is 0 Å². The number of nitrogens with one attached hydrogen (secondary N) is 1. The number of carboxylic acid groups (broad SMARTS) is 1. The Morgan fingerprint density at radius 2 is 1.84 bits per heavy atom. The van der Waals surface area contributed by atoms with Gasteiger partial charge in [0.25, 0.3) is 11.5 Å². The summed E-state index contributed by atoms with van der Waals surface area (Å²) in [6.45, 7) is -0.650. The summed E-state index contributed by atoms with van der Waals surface area (Å²) in [5, 5.41) is 21.6. The van der Waals surface area contributed by atoms with Crippen LogP contribution in [-0.4, -0.2) is 37.8 Å². The Hall–Kier alpha value is -4.08. The Balaban J connectivity index is 1.81. The first-order valence-electron chi connectivity index (χ1n) is 10.1. The number of carbonyl (C=O) groups excluding carboxylic acids is 1. The Kier molecular flexibility index (Phi) is 5.67. The predicted octanol–water partition coefficient (Wildman–Crippen LogP) is 1.58. The number of amides is 1. The second kappa shape index (κ2) is 8.58. The SMILES string of the molecule is O=C(O)CNC(=O)c1c(O)n(-c2ccc(-c3ccco3)cc2)c(=O)n(CCC2CC2)c1=O. The molecule has 1 fully saturated rings. The third-order valence-corrected chi connectivity index (χ3v) is 5.33. The van der Waals surface area contributed by atoms with Crippen LogP contribution in [0.5, 0.6) is 5.88 Å². The summed E-state index contributed by atoms with van der Waals surface area (Å²) in [4.78, 5) is 49.3. The number of carbonyl (C=O) groups is 2. The lowest BCUT2D eigenvalue weighted by Gasteiger charge is -2.16. The van der Waals surface area contributed by atoms with Gasteiger partial charge in [0.1, 0.15) is 12.3 Å². The summed E-state index contributed by atoms with van der Waals surface area (Å²) in [5.74, 6) is -2.21. The fourth-order valence-electron chi connectivity index (χ4n) is 3.45. The molecule has 10 heteroatoms. The molecule has 0 aliphatic heterocycles. The van der Waals surface area contributed by atoms with Gasteiger partial charge < -0.3 is 19.9 Å². The second-order valence-corrected chi connectivity index (χ2v) is 7.61. The van der Waals surface area contributed by atoms with Crippen molar-refractivity contribution in [1.82, 2.24) is 14.5 Å². The molecule has 166 valence electrons. The van der Waals surface area contributed by atoms with E-state index in [4.69, 9.17) is 9.52 Å². The molecule has 32 heavy (non-hydrogen) atoms. The van der Waals surface area contributed by atoms with Gasteiger partial charge in [-0.05, 0) is 48.7 Å². The van der Waals surface area contributed by atoms with Gasteiger partial charge in [-0.3, -0.25) is 19.0 Å². The van der Waals surface area contributed by atoms with Crippen LogP contribution in [-0.2, 0) is 11.3 Å². The number of furan rings is 1. The van der Waals surface area contributed by atoms with Gasteiger partial charge in [0, 0.05) is 12.1 Å². The van der Waals surface area contributed by atoms with Crippen LogP contribution in [0.15, 0.2) is 56.7 Å². The van der Waals surface area contributed by atoms with Gasteiger partial charge in [-0.25, -0.2) is 9.36 Å². The minimum absolute atomic E-state index is 0.0896. The highest BCUT2D eigenvalue weighted by Crippen LogP contribution is 2.32. The van der Waals surface area contributed by atoms with Gasteiger partial charge in [0.05, 0.1) is 12.0 Å². The van der Waals surface area contributed by atoms with Crippen LogP contribution in [0.4, 0.5) is 0 Å². The smallest absolute Gasteiger partial charge is 0.338 e. The monoisotopic (exact) mass is 439 g/mol. The van der Waals surface area contributed by atoms with E-state index in [0.717, 1.165) is 27.5 Å². The first-order valence-corrected chi connectivity index (χ1v) is 10.1. The Bertz CT molecular complexity index is 1270. The lowest BCUT2D eigenvalue weighted by Crippen LogP contribution is -2.44. The van der Waals surface area contributed by atoms with Gasteiger partial charge in [0.15, 0.2) is 5.56 Å². The molecule has 0 saturated heterocycles. The molecule has 0 atom stereocenters. The molecule has 0 unspecified atom stereocenters. The van der Waals surface area contributed by atoms with E-state index in [9.17, 15) is 24.3 Å². The van der Waals surface area contributed by atoms with Gasteiger partial charge in [-0.1, -0.05) is 12.8 Å². The van der Waals surface area contributed by atoms with Crippen molar-refractivity contribution >= 4 is 11.9 Å². The van der Waals surface area contributed by atoms with Crippen molar-refractivity contribution in [2.24, 2.45) is 5.92 Å². The molecule has 3 N–H and O–H groups in total. The molecule has 1 saturated carbocycles. The zero-order valence-corrected chi connectivity index (χ0v) is 17.0. The normalized spacial score (nSPS) is 13.1. The number of aliphatic carboxylic acids is 1. The van der Waals surface area contributed by atoms with Crippen molar-refractivity contribution in [2.45, 2.75) is 25.8 Å². The van der Waals surface area contributed by atoms with E-state index in [-0.39, 0.29) is 12.2 Å². The Morgan fingerprint density at radius 1 is 1.12 bits per heavy atom. The molecule has 4 rings (SSSR count). The molecule has 1 aromatic carbocycles. The first-order chi connectivity index (χ1) is 15.4. The standard InChI is InChI=1S/C22H21N3O7/c26-17(27)12-23-19(28)18-20(29)24(10-9-13-3-4-13)22(31)25(21(18)30)15-7-5-14(6-8-15)16-2-1-11-32-16/h1-2,5-8,11,13,30H,3-4,9-10,12H2,(H,23,28)(H,26,27). The highest BCUT2D eigenvalue weighted by molar-refractivity contribution is 5.97. The minimum Gasteiger partial charge on any atom is -0.493 e.